The Balaban J connectivity index is 1.53. The second kappa shape index (κ2) is 8.12. The van der Waals surface area contributed by atoms with Crippen LogP contribution in [0.25, 0.3) is 4.85 Å². The van der Waals surface area contributed by atoms with Gasteiger partial charge in [-0.2, -0.15) is 0 Å². The molecule has 1 aromatic rings. The predicted octanol–water partition coefficient (Wildman–Crippen LogP) is 7.00. The highest BCUT2D eigenvalue weighted by molar-refractivity contribution is 7.95. The number of hydrogen-bond donors (Lipinski definition) is 0. The van der Waals surface area contributed by atoms with Crippen LogP contribution in [0.1, 0.15) is 64.4 Å². The van der Waals surface area contributed by atoms with Crippen molar-refractivity contribution in [3.05, 3.63) is 75.3 Å². The van der Waals surface area contributed by atoms with E-state index in [0.29, 0.717) is 24.2 Å². The van der Waals surface area contributed by atoms with Crippen LogP contribution in [-0.4, -0.2) is 15.5 Å². The Kier molecular flexibility index (Phi) is 5.60. The van der Waals surface area contributed by atoms with E-state index in [1.807, 2.05) is 19.1 Å². The first-order chi connectivity index (χ1) is 16.1. The molecular formula is C29H35NO3S. The summed E-state index contributed by atoms with van der Waals surface area (Å²) in [4.78, 5) is 3.92. The van der Waals surface area contributed by atoms with Crippen LogP contribution in [0.2, 0.25) is 0 Å². The van der Waals surface area contributed by atoms with Gasteiger partial charge in [0.15, 0.2) is 0 Å². The molecule has 5 atom stereocenters. The topological polar surface area (TPSA) is 47.7 Å². The molecule has 4 aliphatic carbocycles. The molecule has 4 nitrogen and oxygen atoms in total. The Morgan fingerprint density at radius 2 is 1.76 bits per heavy atom. The van der Waals surface area contributed by atoms with Crippen LogP contribution in [0.5, 0.6) is 0 Å². The van der Waals surface area contributed by atoms with Gasteiger partial charge < -0.3 is 4.74 Å². The van der Waals surface area contributed by atoms with Crippen molar-refractivity contribution in [3.63, 3.8) is 0 Å². The lowest BCUT2D eigenvalue weighted by molar-refractivity contribution is -0.00837. The average molecular weight is 478 g/mol. The van der Waals surface area contributed by atoms with Crippen molar-refractivity contribution in [3.8, 4) is 0 Å². The summed E-state index contributed by atoms with van der Waals surface area (Å²) in [7, 11) is -2.05. The van der Waals surface area contributed by atoms with Gasteiger partial charge in [0.05, 0.1) is 24.3 Å². The molecule has 0 aliphatic heterocycles. The highest BCUT2D eigenvalue weighted by Crippen LogP contribution is 2.66. The monoisotopic (exact) mass is 477 g/mol. The number of rotatable bonds is 3. The van der Waals surface area contributed by atoms with E-state index >= 15 is 0 Å². The second-order valence-electron chi connectivity index (χ2n) is 11.2. The summed E-state index contributed by atoms with van der Waals surface area (Å²) >= 11 is 0. The van der Waals surface area contributed by atoms with Gasteiger partial charge in [0.1, 0.15) is 0 Å². The molecule has 0 unspecified atom stereocenters. The van der Waals surface area contributed by atoms with Crippen LogP contribution in [0, 0.1) is 42.1 Å². The minimum atomic E-state index is -3.82. The van der Waals surface area contributed by atoms with Gasteiger partial charge in [-0.05, 0) is 103 Å². The van der Waals surface area contributed by atoms with Crippen molar-refractivity contribution in [2.45, 2.75) is 70.6 Å². The fourth-order valence-electron chi connectivity index (χ4n) is 7.74. The molecule has 0 amide bonds. The van der Waals surface area contributed by atoms with Crippen LogP contribution in [0.3, 0.4) is 0 Å². The lowest BCUT2D eigenvalue weighted by Gasteiger charge is -2.56. The number of nitrogens with zero attached hydrogens (tertiary/aromatic N) is 1. The quantitative estimate of drug-likeness (QED) is 0.440. The van der Waals surface area contributed by atoms with Crippen LogP contribution in [0.4, 0.5) is 0 Å². The summed E-state index contributed by atoms with van der Waals surface area (Å²) in [6, 6.07) is 6.90. The maximum absolute atomic E-state index is 13.6. The van der Waals surface area contributed by atoms with Crippen molar-refractivity contribution in [2.24, 2.45) is 28.6 Å². The van der Waals surface area contributed by atoms with Crippen molar-refractivity contribution < 1.29 is 13.2 Å². The number of fused-ring (bicyclic) bond motifs is 5. The van der Waals surface area contributed by atoms with E-state index in [2.05, 4.69) is 30.8 Å². The van der Waals surface area contributed by atoms with Crippen LogP contribution in [0.15, 0.2) is 63.2 Å². The summed E-state index contributed by atoms with van der Waals surface area (Å²) in [5.74, 6) is 2.65. The maximum Gasteiger partial charge on any atom is 0.282 e. The maximum atomic E-state index is 13.6. The molecule has 2 fully saturated rings. The number of allylic oxidation sites excluding steroid dienone is 5. The van der Waals surface area contributed by atoms with Crippen molar-refractivity contribution >= 4 is 9.84 Å². The highest BCUT2D eigenvalue weighted by atomic mass is 32.2. The molecule has 180 valence electrons. The molecule has 34 heavy (non-hydrogen) atoms. The van der Waals surface area contributed by atoms with Crippen molar-refractivity contribution in [1.29, 1.82) is 0 Å². The van der Waals surface area contributed by atoms with Crippen LogP contribution in [-0.2, 0) is 14.6 Å². The first kappa shape index (κ1) is 23.4. The molecule has 5 rings (SSSR count). The van der Waals surface area contributed by atoms with E-state index in [4.69, 9.17) is 11.3 Å². The van der Waals surface area contributed by atoms with Crippen LogP contribution >= 0.6 is 0 Å². The summed E-state index contributed by atoms with van der Waals surface area (Å²) < 4.78 is 32.7. The molecule has 0 heterocycles. The van der Waals surface area contributed by atoms with E-state index in [-0.39, 0.29) is 20.8 Å². The zero-order valence-electron chi connectivity index (χ0n) is 20.7. The number of sulfone groups is 1. The van der Waals surface area contributed by atoms with E-state index in [0.717, 1.165) is 55.4 Å². The van der Waals surface area contributed by atoms with Gasteiger partial charge in [0.25, 0.3) is 5.03 Å². The lowest BCUT2D eigenvalue weighted by atomic mass is 9.48. The number of hydrogen-bond acceptors (Lipinski definition) is 3. The smallest absolute Gasteiger partial charge is 0.282 e. The number of methoxy groups -OCH3 is 1. The molecule has 4 aliphatic rings. The Morgan fingerprint density at radius 3 is 2.44 bits per heavy atom. The molecule has 0 N–H and O–H groups in total. The third kappa shape index (κ3) is 3.33. The molecular weight excluding hydrogens is 442 g/mol. The summed E-state index contributed by atoms with van der Waals surface area (Å²) in [5.41, 5.74) is 3.27. The Bertz CT molecular complexity index is 1250. The molecule has 0 spiro atoms. The summed E-state index contributed by atoms with van der Waals surface area (Å²) in [6.07, 6.45) is 11.6. The molecule has 2 saturated carbocycles. The van der Waals surface area contributed by atoms with Gasteiger partial charge in [-0.15, -0.1) is 0 Å². The van der Waals surface area contributed by atoms with Gasteiger partial charge in [0.2, 0.25) is 9.84 Å². The van der Waals surface area contributed by atoms with E-state index < -0.39 is 9.84 Å². The van der Waals surface area contributed by atoms with Crippen LogP contribution < -0.4 is 0 Å². The first-order valence-electron chi connectivity index (χ1n) is 12.5. The summed E-state index contributed by atoms with van der Waals surface area (Å²) in [5, 5.41) is -0.0107. The average Bonchev–Trinajstić information content (AvgIpc) is 3.16. The highest BCUT2D eigenvalue weighted by Gasteiger charge is 2.57. The zero-order chi connectivity index (χ0) is 24.3. The minimum Gasteiger partial charge on any atom is -0.501 e. The fraction of sp³-hybridized carbons (Fsp3) is 0.552. The van der Waals surface area contributed by atoms with E-state index in [9.17, 15) is 8.42 Å². The molecule has 0 bridgehead atoms. The first-order valence-corrected chi connectivity index (χ1v) is 14.0. The van der Waals surface area contributed by atoms with Gasteiger partial charge in [0, 0.05) is 6.42 Å². The van der Waals surface area contributed by atoms with Gasteiger partial charge in [-0.25, -0.2) is 13.3 Å². The fourth-order valence-corrected chi connectivity index (χ4v) is 9.24. The second-order valence-corrected chi connectivity index (χ2v) is 13.1. The SMILES string of the molecule is [C-]#[N+]C(=C1CC[C@H]2[C@@H]3CC=C4C=C(OC)CC[C@]4(C)[C@H]3CC[C@]12C)S(=O)(=O)c1ccc(C)cc1. The van der Waals surface area contributed by atoms with Crippen molar-refractivity contribution in [1.82, 2.24) is 0 Å². The third-order valence-electron chi connectivity index (χ3n) is 9.72. The molecule has 1 aromatic carbocycles. The van der Waals surface area contributed by atoms with Gasteiger partial charge in [-0.1, -0.05) is 37.6 Å². The Labute approximate surface area is 204 Å². The molecule has 5 heteroatoms. The van der Waals surface area contributed by atoms with E-state index in [1.54, 1.807) is 19.2 Å². The zero-order valence-corrected chi connectivity index (χ0v) is 21.5. The van der Waals surface area contributed by atoms with Gasteiger partial charge >= 0.3 is 0 Å². The predicted molar refractivity (Wildman–Crippen MR) is 134 cm³/mol. The molecule has 0 radical (unpaired) electrons. The number of benzene rings is 1. The lowest BCUT2D eigenvalue weighted by Crippen LogP contribution is -2.48. The standard InChI is InChI=1S/C29H35NO3S/c1-19-6-9-22(10-7-19)34(31,32)27(30-4)26-13-12-24-23-11-8-20-18-21(33-5)14-16-28(20,2)25(23)15-17-29(24,26)3/h6-10,18,23-25H,11-17H2,1-3,5H3/t23-,24-,25-,28-,29-/m0/s1. The van der Waals surface area contributed by atoms with Crippen molar-refractivity contribution in [2.75, 3.05) is 7.11 Å². The van der Waals surface area contributed by atoms with E-state index in [1.165, 1.54) is 5.57 Å². The van der Waals surface area contributed by atoms with Gasteiger partial charge in [-0.3, -0.25) is 0 Å². The minimum absolute atomic E-state index is 0.0107. The Hall–Kier alpha value is -2.32. The largest absolute Gasteiger partial charge is 0.501 e. The Morgan fingerprint density at radius 1 is 1.06 bits per heavy atom. The number of aryl methyl sites for hydroxylation is 1. The third-order valence-corrected chi connectivity index (χ3v) is 11.5. The summed E-state index contributed by atoms with van der Waals surface area (Å²) in [6.45, 7) is 14.5. The number of ether oxygens (including phenoxy) is 1. The normalized spacial score (nSPS) is 36.3. The molecule has 0 saturated heterocycles. The molecule has 0 aromatic heterocycles.